The van der Waals surface area contributed by atoms with Gasteiger partial charge in [-0.15, -0.1) is 13.2 Å². The smallest absolute Gasteiger partial charge is 0.406 e. The second kappa shape index (κ2) is 7.17. The van der Waals surface area contributed by atoms with E-state index in [9.17, 15) is 35.9 Å². The van der Waals surface area contributed by atoms with E-state index in [1.807, 2.05) is 4.98 Å². The summed E-state index contributed by atoms with van der Waals surface area (Å²) in [5.41, 5.74) is -2.21. The molecule has 1 aromatic carbocycles. The Morgan fingerprint density at radius 1 is 1.06 bits per heavy atom. The summed E-state index contributed by atoms with van der Waals surface area (Å²) < 4.78 is 81.2. The molecule has 0 amide bonds. The lowest BCUT2D eigenvalue weighted by Crippen LogP contribution is -2.24. The normalized spacial score (nSPS) is 15.9. The van der Waals surface area contributed by atoms with E-state index < -0.39 is 47.7 Å². The van der Waals surface area contributed by atoms with E-state index in [-0.39, 0.29) is 17.0 Å². The molecule has 0 saturated heterocycles. The van der Waals surface area contributed by atoms with Gasteiger partial charge in [0.1, 0.15) is 16.8 Å². The van der Waals surface area contributed by atoms with E-state index in [1.54, 1.807) is 0 Å². The first-order valence-corrected chi connectivity index (χ1v) is 9.07. The van der Waals surface area contributed by atoms with Crippen LogP contribution in [0.25, 0.3) is 11.0 Å². The molecule has 13 heteroatoms. The number of hydrogen-bond acceptors (Lipinski definition) is 4. The Bertz CT molecular complexity index is 1220. The van der Waals surface area contributed by atoms with Crippen LogP contribution < -0.4 is 16.0 Å². The van der Waals surface area contributed by atoms with Gasteiger partial charge in [-0.25, -0.2) is 9.48 Å². The van der Waals surface area contributed by atoms with Crippen LogP contribution in [0.4, 0.5) is 26.3 Å². The van der Waals surface area contributed by atoms with Crippen molar-refractivity contribution in [3.05, 3.63) is 56.4 Å². The topological polar surface area (TPSA) is 92.8 Å². The Kier molecular flexibility index (Phi) is 4.85. The highest BCUT2D eigenvalue weighted by Crippen LogP contribution is 2.44. The highest BCUT2D eigenvalue weighted by atomic mass is 19.4. The lowest BCUT2D eigenvalue weighted by atomic mass is 10.0. The zero-order valence-electron chi connectivity index (χ0n) is 15.5. The number of benzene rings is 1. The molecule has 2 N–H and O–H groups in total. The molecule has 0 unspecified atom stereocenters. The van der Waals surface area contributed by atoms with Crippen molar-refractivity contribution in [1.82, 2.24) is 19.7 Å². The van der Waals surface area contributed by atoms with Crippen LogP contribution in [0.15, 0.2) is 33.9 Å². The number of aromatic amines is 2. The molecule has 2 heterocycles. The van der Waals surface area contributed by atoms with E-state index in [1.165, 1.54) is 12.1 Å². The third-order valence-electron chi connectivity index (χ3n) is 4.82. The summed E-state index contributed by atoms with van der Waals surface area (Å²) in [6.45, 7) is 0. The van der Waals surface area contributed by atoms with Crippen LogP contribution in [0.1, 0.15) is 30.1 Å². The number of H-pyrrole nitrogens is 2. The van der Waals surface area contributed by atoms with Gasteiger partial charge in [-0.2, -0.15) is 18.3 Å². The summed E-state index contributed by atoms with van der Waals surface area (Å²) >= 11 is 0. The number of halogens is 6. The van der Waals surface area contributed by atoms with Gasteiger partial charge in [0.05, 0.1) is 18.2 Å². The van der Waals surface area contributed by atoms with Gasteiger partial charge < -0.3 is 4.74 Å². The van der Waals surface area contributed by atoms with E-state index in [2.05, 4.69) is 14.8 Å². The monoisotopic (exact) mass is 448 g/mol. The molecule has 0 bridgehead atoms. The van der Waals surface area contributed by atoms with Gasteiger partial charge >= 0.3 is 18.2 Å². The van der Waals surface area contributed by atoms with Crippen LogP contribution in [0.2, 0.25) is 0 Å². The lowest BCUT2D eigenvalue weighted by Gasteiger charge is -2.19. The molecule has 1 saturated carbocycles. The summed E-state index contributed by atoms with van der Waals surface area (Å²) in [6.07, 6.45) is -9.63. The number of nitrogens with zero attached hydrogens (tertiary/aromatic N) is 2. The number of aromatic nitrogens is 4. The van der Waals surface area contributed by atoms with Crippen molar-refractivity contribution < 1.29 is 31.1 Å². The van der Waals surface area contributed by atoms with E-state index in [0.717, 1.165) is 16.8 Å². The van der Waals surface area contributed by atoms with Crippen molar-refractivity contribution in [2.24, 2.45) is 5.92 Å². The highest BCUT2D eigenvalue weighted by molar-refractivity contribution is 5.77. The van der Waals surface area contributed by atoms with Gasteiger partial charge in [-0.05, 0) is 36.5 Å². The maximum absolute atomic E-state index is 13.0. The van der Waals surface area contributed by atoms with Crippen LogP contribution in [-0.2, 0) is 6.42 Å². The molecule has 31 heavy (non-hydrogen) atoms. The molecule has 3 aromatic rings. The Morgan fingerprint density at radius 3 is 2.26 bits per heavy atom. The average Bonchev–Trinajstić information content (AvgIpc) is 3.38. The molecule has 0 aliphatic heterocycles. The number of nitrogens with one attached hydrogen (secondary N) is 2. The number of rotatable bonds is 5. The Morgan fingerprint density at radius 2 is 1.71 bits per heavy atom. The second-order valence-corrected chi connectivity index (χ2v) is 7.21. The maximum Gasteiger partial charge on any atom is 0.573 e. The minimum atomic E-state index is -4.87. The fraction of sp³-hybridized carbons (Fsp3) is 0.389. The molecule has 4 rings (SSSR count). The zero-order valence-corrected chi connectivity index (χ0v) is 15.5. The molecule has 0 radical (unpaired) electrons. The fourth-order valence-electron chi connectivity index (χ4n) is 3.55. The second-order valence-electron chi connectivity index (χ2n) is 7.21. The zero-order chi connectivity index (χ0) is 22.6. The van der Waals surface area contributed by atoms with Crippen LogP contribution in [0.3, 0.4) is 0 Å². The quantitative estimate of drug-likeness (QED) is 0.585. The third kappa shape index (κ3) is 4.59. The highest BCUT2D eigenvalue weighted by Gasteiger charge is 2.38. The number of hydrogen-bond donors (Lipinski definition) is 2. The first-order valence-electron chi connectivity index (χ1n) is 9.07. The maximum atomic E-state index is 13.0. The van der Waals surface area contributed by atoms with E-state index in [0.29, 0.717) is 18.4 Å². The minimum Gasteiger partial charge on any atom is -0.406 e. The van der Waals surface area contributed by atoms with Crippen LogP contribution in [-0.4, -0.2) is 32.3 Å². The van der Waals surface area contributed by atoms with E-state index in [4.69, 9.17) is 0 Å². The van der Waals surface area contributed by atoms with Gasteiger partial charge in [0.25, 0.3) is 5.56 Å². The van der Waals surface area contributed by atoms with Crippen LogP contribution >= 0.6 is 0 Å². The van der Waals surface area contributed by atoms with Gasteiger partial charge in [0, 0.05) is 0 Å². The predicted molar refractivity (Wildman–Crippen MR) is 94.7 cm³/mol. The largest absolute Gasteiger partial charge is 0.573 e. The average molecular weight is 448 g/mol. The van der Waals surface area contributed by atoms with Crippen molar-refractivity contribution in [1.29, 1.82) is 0 Å². The van der Waals surface area contributed by atoms with Crippen molar-refractivity contribution in [3.8, 4) is 5.75 Å². The minimum absolute atomic E-state index is 0.0842. The van der Waals surface area contributed by atoms with Gasteiger partial charge in [-0.3, -0.25) is 14.8 Å². The van der Waals surface area contributed by atoms with Crippen LogP contribution in [0.5, 0.6) is 5.75 Å². The van der Waals surface area contributed by atoms with Gasteiger partial charge in [0.2, 0.25) is 0 Å². The SMILES string of the molecule is O=c1[nH]c(=O)c2c(CC(F)(F)F)nn([C@@H](c3ccc(OC(F)(F)F)cc3)C3CC3)c2[nH]1. The Balaban J connectivity index is 1.83. The van der Waals surface area contributed by atoms with Crippen LogP contribution in [0, 0.1) is 5.92 Å². The van der Waals surface area contributed by atoms with Gasteiger partial charge in [-0.1, -0.05) is 12.1 Å². The van der Waals surface area contributed by atoms with Gasteiger partial charge in [0.15, 0.2) is 0 Å². The molecule has 1 aliphatic rings. The summed E-state index contributed by atoms with van der Waals surface area (Å²) in [6, 6.07) is 4.15. The number of fused-ring (bicyclic) bond motifs is 1. The number of alkyl halides is 6. The molecular weight excluding hydrogens is 434 g/mol. The Labute approximate surface area is 168 Å². The lowest BCUT2D eigenvalue weighted by molar-refractivity contribution is -0.274. The standard InChI is InChI=1S/C18H14F6N4O3/c19-17(20,21)7-11-12-14(25-16(30)26-15(12)29)28(27-11)13(8-1-2-8)9-3-5-10(6-4-9)31-18(22,23)24/h3-6,8,13H,1-2,7H2,(H2,25,26,29,30)/t13-/m1/s1. The summed E-state index contributed by atoms with van der Waals surface area (Å²) in [5, 5.41) is 3.60. The molecule has 1 fully saturated rings. The molecule has 166 valence electrons. The van der Waals surface area contributed by atoms with E-state index >= 15 is 0 Å². The summed E-state index contributed by atoms with van der Waals surface area (Å²) in [4.78, 5) is 28.2. The molecule has 1 atom stereocenters. The van der Waals surface area contributed by atoms with Crippen molar-refractivity contribution in [3.63, 3.8) is 0 Å². The predicted octanol–water partition coefficient (Wildman–Crippen LogP) is 3.42. The summed E-state index contributed by atoms with van der Waals surface area (Å²) in [5.74, 6) is -0.544. The third-order valence-corrected chi connectivity index (χ3v) is 4.82. The molecule has 2 aromatic heterocycles. The van der Waals surface area contributed by atoms with Crippen molar-refractivity contribution >= 4 is 11.0 Å². The first-order chi connectivity index (χ1) is 14.4. The molecule has 7 nitrogen and oxygen atoms in total. The Hall–Kier alpha value is -3.25. The molecular formula is C18H14F6N4O3. The number of ether oxygens (including phenoxy) is 1. The van der Waals surface area contributed by atoms with Crippen molar-refractivity contribution in [2.75, 3.05) is 0 Å². The molecule has 0 spiro atoms. The fourth-order valence-corrected chi connectivity index (χ4v) is 3.55. The molecule has 1 aliphatic carbocycles. The van der Waals surface area contributed by atoms with Crippen molar-refractivity contribution in [2.45, 2.75) is 37.8 Å². The first kappa shape index (κ1) is 21.0. The summed E-state index contributed by atoms with van der Waals surface area (Å²) in [7, 11) is 0.